The molecular formula is C15H18O4S. The Kier molecular flexibility index (Phi) is 3.21. The summed E-state index contributed by atoms with van der Waals surface area (Å²) in [6.45, 7) is 1.65. The van der Waals surface area contributed by atoms with Crippen molar-refractivity contribution in [2.75, 3.05) is 0 Å². The van der Waals surface area contributed by atoms with Crippen molar-refractivity contribution < 1.29 is 17.8 Å². The molecule has 0 aliphatic heterocycles. The lowest BCUT2D eigenvalue weighted by molar-refractivity contribution is -0.125. The van der Waals surface area contributed by atoms with Crippen LogP contribution in [0.15, 0.2) is 23.1 Å². The molecule has 0 saturated heterocycles. The Morgan fingerprint density at radius 1 is 1.30 bits per heavy atom. The van der Waals surface area contributed by atoms with Crippen LogP contribution in [0.5, 0.6) is 0 Å². The Bertz CT molecular complexity index is 662. The molecule has 0 spiro atoms. The van der Waals surface area contributed by atoms with Gasteiger partial charge in [-0.3, -0.25) is 9.35 Å². The molecule has 1 aromatic carbocycles. The molecule has 4 nitrogen and oxygen atoms in total. The maximum absolute atomic E-state index is 12.2. The smallest absolute Gasteiger partial charge is 0.294 e. The van der Waals surface area contributed by atoms with Crippen LogP contribution in [0, 0.1) is 24.7 Å². The van der Waals surface area contributed by atoms with Crippen molar-refractivity contribution in [1.82, 2.24) is 0 Å². The number of Topliss-reactive ketones (excluding diaryl/α,β-unsaturated/α-hetero) is 1. The third-order valence-corrected chi connectivity index (χ3v) is 5.79. The number of hydrogen-bond acceptors (Lipinski definition) is 3. The number of carbonyl (C=O) groups is 1. The molecule has 5 heteroatoms. The lowest BCUT2D eigenvalue weighted by atomic mass is 9.83. The Morgan fingerprint density at radius 2 is 2.05 bits per heavy atom. The topological polar surface area (TPSA) is 71.4 Å². The number of rotatable bonds is 3. The summed E-state index contributed by atoms with van der Waals surface area (Å²) in [5.41, 5.74) is 1.34. The van der Waals surface area contributed by atoms with Crippen LogP contribution in [0.2, 0.25) is 0 Å². The van der Waals surface area contributed by atoms with Gasteiger partial charge in [0.15, 0.2) is 0 Å². The summed E-state index contributed by atoms with van der Waals surface area (Å²) < 4.78 is 31.9. The fourth-order valence-electron chi connectivity index (χ4n) is 3.75. The molecule has 20 heavy (non-hydrogen) atoms. The lowest BCUT2D eigenvalue weighted by Gasteiger charge is -2.20. The monoisotopic (exact) mass is 294 g/mol. The zero-order valence-corrected chi connectivity index (χ0v) is 12.2. The first-order valence-electron chi connectivity index (χ1n) is 6.97. The number of hydrogen-bond donors (Lipinski definition) is 1. The maximum atomic E-state index is 12.2. The molecule has 0 heterocycles. The number of fused-ring (bicyclic) bond motifs is 2. The van der Waals surface area contributed by atoms with Crippen molar-refractivity contribution in [2.45, 2.75) is 37.5 Å². The van der Waals surface area contributed by atoms with Gasteiger partial charge in [-0.2, -0.15) is 8.42 Å². The third-order valence-electron chi connectivity index (χ3n) is 4.80. The molecule has 2 fully saturated rings. The van der Waals surface area contributed by atoms with E-state index in [1.807, 2.05) is 6.07 Å². The number of benzene rings is 1. The van der Waals surface area contributed by atoms with Crippen molar-refractivity contribution in [2.24, 2.45) is 17.8 Å². The summed E-state index contributed by atoms with van der Waals surface area (Å²) in [4.78, 5) is 12.1. The molecule has 0 amide bonds. The Hall–Kier alpha value is -1.20. The fourth-order valence-corrected chi connectivity index (χ4v) is 4.52. The Morgan fingerprint density at radius 3 is 2.65 bits per heavy atom. The molecule has 108 valence electrons. The first kappa shape index (κ1) is 13.8. The first-order chi connectivity index (χ1) is 9.36. The summed E-state index contributed by atoms with van der Waals surface area (Å²) in [6.07, 6.45) is 3.71. The highest BCUT2D eigenvalue weighted by Crippen LogP contribution is 2.47. The highest BCUT2D eigenvalue weighted by Gasteiger charge is 2.46. The van der Waals surface area contributed by atoms with E-state index in [0.29, 0.717) is 23.7 Å². The quantitative estimate of drug-likeness (QED) is 0.869. The van der Waals surface area contributed by atoms with Gasteiger partial charge in [0, 0.05) is 11.8 Å². The summed E-state index contributed by atoms with van der Waals surface area (Å²) in [5, 5.41) is 0. The molecule has 1 aromatic rings. The van der Waals surface area contributed by atoms with Gasteiger partial charge in [-0.15, -0.1) is 0 Å². The molecule has 3 unspecified atom stereocenters. The maximum Gasteiger partial charge on any atom is 0.294 e. The zero-order chi connectivity index (χ0) is 14.5. The zero-order valence-electron chi connectivity index (χ0n) is 11.4. The van der Waals surface area contributed by atoms with Crippen LogP contribution in [0.25, 0.3) is 0 Å². The van der Waals surface area contributed by atoms with Crippen LogP contribution in [0.3, 0.4) is 0 Å². The van der Waals surface area contributed by atoms with E-state index in [0.717, 1.165) is 24.8 Å². The molecule has 2 aliphatic carbocycles. The summed E-state index contributed by atoms with van der Waals surface area (Å²) in [5.74, 6) is 1.07. The van der Waals surface area contributed by atoms with E-state index in [9.17, 15) is 17.8 Å². The van der Waals surface area contributed by atoms with E-state index in [-0.39, 0.29) is 16.7 Å². The minimum Gasteiger partial charge on any atom is -0.299 e. The molecule has 2 aliphatic rings. The average molecular weight is 294 g/mol. The Labute approximate surface area is 118 Å². The van der Waals surface area contributed by atoms with Gasteiger partial charge in [-0.25, -0.2) is 0 Å². The van der Waals surface area contributed by atoms with Crippen molar-refractivity contribution in [1.29, 1.82) is 0 Å². The highest BCUT2D eigenvalue weighted by molar-refractivity contribution is 7.85. The highest BCUT2D eigenvalue weighted by atomic mass is 32.2. The Balaban J connectivity index is 1.87. The molecule has 0 aromatic heterocycles. The molecular weight excluding hydrogens is 276 g/mol. The van der Waals surface area contributed by atoms with Crippen LogP contribution in [-0.4, -0.2) is 18.8 Å². The molecule has 2 saturated carbocycles. The van der Waals surface area contributed by atoms with E-state index in [1.54, 1.807) is 13.0 Å². The fraction of sp³-hybridized carbons (Fsp3) is 0.533. The predicted molar refractivity (Wildman–Crippen MR) is 74.0 cm³/mol. The van der Waals surface area contributed by atoms with Gasteiger partial charge in [0.25, 0.3) is 10.1 Å². The van der Waals surface area contributed by atoms with Crippen LogP contribution >= 0.6 is 0 Å². The van der Waals surface area contributed by atoms with Gasteiger partial charge in [0.05, 0.1) is 4.90 Å². The number of carbonyl (C=O) groups excluding carboxylic acids is 1. The number of ketones is 1. The van der Waals surface area contributed by atoms with E-state index in [2.05, 4.69) is 0 Å². The summed E-state index contributed by atoms with van der Waals surface area (Å²) >= 11 is 0. The lowest BCUT2D eigenvalue weighted by Crippen LogP contribution is -2.24. The van der Waals surface area contributed by atoms with Crippen LogP contribution in [0.4, 0.5) is 0 Å². The normalized spacial score (nSPS) is 29.1. The van der Waals surface area contributed by atoms with Crippen LogP contribution < -0.4 is 0 Å². The van der Waals surface area contributed by atoms with E-state index >= 15 is 0 Å². The van der Waals surface area contributed by atoms with Gasteiger partial charge in [0.2, 0.25) is 0 Å². The van der Waals surface area contributed by atoms with Gasteiger partial charge in [-0.1, -0.05) is 12.1 Å². The van der Waals surface area contributed by atoms with Gasteiger partial charge >= 0.3 is 0 Å². The number of aryl methyl sites for hydroxylation is 1. The predicted octanol–water partition coefficient (Wildman–Crippen LogP) is 2.40. The van der Waals surface area contributed by atoms with Crippen LogP contribution in [0.1, 0.15) is 30.4 Å². The average Bonchev–Trinajstić information content (AvgIpc) is 2.94. The van der Waals surface area contributed by atoms with E-state index in [4.69, 9.17) is 0 Å². The molecule has 3 rings (SSSR count). The summed E-state index contributed by atoms with van der Waals surface area (Å²) in [7, 11) is -4.20. The molecule has 1 N–H and O–H groups in total. The SMILES string of the molecule is Cc1ccc(CC2C(=O)C3CCC2C3)cc1S(=O)(=O)O. The van der Waals surface area contributed by atoms with Crippen molar-refractivity contribution >= 4 is 15.9 Å². The van der Waals surface area contributed by atoms with Crippen molar-refractivity contribution in [3.8, 4) is 0 Å². The largest absolute Gasteiger partial charge is 0.299 e. The van der Waals surface area contributed by atoms with Crippen LogP contribution in [-0.2, 0) is 21.3 Å². The molecule has 3 atom stereocenters. The van der Waals surface area contributed by atoms with E-state index in [1.165, 1.54) is 6.07 Å². The molecule has 0 radical (unpaired) electrons. The van der Waals surface area contributed by atoms with Gasteiger partial charge < -0.3 is 0 Å². The standard InChI is InChI=1S/C15H18O4S/c1-9-2-3-10(7-14(9)20(17,18)19)6-13-11-4-5-12(8-11)15(13)16/h2-3,7,11-13H,4-6,8H2,1H3,(H,17,18,19). The molecule has 2 bridgehead atoms. The second kappa shape index (κ2) is 4.67. The van der Waals surface area contributed by atoms with Gasteiger partial charge in [-0.05, 0) is 55.7 Å². The first-order valence-corrected chi connectivity index (χ1v) is 8.41. The van der Waals surface area contributed by atoms with Gasteiger partial charge in [0.1, 0.15) is 5.78 Å². The third kappa shape index (κ3) is 2.29. The van der Waals surface area contributed by atoms with Crippen molar-refractivity contribution in [3.05, 3.63) is 29.3 Å². The minimum atomic E-state index is -4.20. The second-order valence-electron chi connectivity index (χ2n) is 6.06. The summed E-state index contributed by atoms with van der Waals surface area (Å²) in [6, 6.07) is 5.04. The second-order valence-corrected chi connectivity index (χ2v) is 7.45. The van der Waals surface area contributed by atoms with Crippen molar-refractivity contribution in [3.63, 3.8) is 0 Å². The minimum absolute atomic E-state index is 0.0331. The van der Waals surface area contributed by atoms with E-state index < -0.39 is 10.1 Å².